The van der Waals surface area contributed by atoms with Crippen LogP contribution in [0.3, 0.4) is 0 Å². The van der Waals surface area contributed by atoms with Crippen molar-refractivity contribution in [3.8, 4) is 5.75 Å². The molecule has 0 N–H and O–H groups in total. The molecule has 0 bridgehead atoms. The van der Waals surface area contributed by atoms with Crippen molar-refractivity contribution in [3.63, 3.8) is 0 Å². The maximum Gasteiger partial charge on any atom is 0.343 e. The number of esters is 2. The lowest BCUT2D eigenvalue weighted by molar-refractivity contribution is 0.0447. The van der Waals surface area contributed by atoms with Gasteiger partial charge in [-0.25, -0.2) is 9.59 Å². The summed E-state index contributed by atoms with van der Waals surface area (Å²) in [7, 11) is 0. The summed E-state index contributed by atoms with van der Waals surface area (Å²) in [4.78, 5) is 24.4. The predicted octanol–water partition coefficient (Wildman–Crippen LogP) is 6.62. The van der Waals surface area contributed by atoms with Crippen LogP contribution in [0.25, 0.3) is 0 Å². The SMILES string of the molecule is CCCCCCCc1ccc(C(=O)Oc2ccc(C(=O)OCC(C)CC)cc2)cc1. The van der Waals surface area contributed by atoms with Crippen LogP contribution in [0, 0.1) is 5.92 Å². The van der Waals surface area contributed by atoms with E-state index in [-0.39, 0.29) is 5.97 Å². The second-order valence-corrected chi connectivity index (χ2v) is 7.89. The quantitative estimate of drug-likeness (QED) is 0.224. The van der Waals surface area contributed by atoms with Gasteiger partial charge in [0.05, 0.1) is 17.7 Å². The summed E-state index contributed by atoms with van der Waals surface area (Å²) in [6.45, 7) is 6.72. The van der Waals surface area contributed by atoms with Gasteiger partial charge in [-0.2, -0.15) is 0 Å². The third kappa shape index (κ3) is 8.02. The average molecular weight is 411 g/mol. The van der Waals surface area contributed by atoms with Gasteiger partial charge in [-0.1, -0.05) is 65.0 Å². The Bertz CT molecular complexity index is 778. The van der Waals surface area contributed by atoms with Crippen LogP contribution in [0.15, 0.2) is 48.5 Å². The first-order chi connectivity index (χ1) is 14.5. The average Bonchev–Trinajstić information content (AvgIpc) is 2.78. The highest BCUT2D eigenvalue weighted by molar-refractivity contribution is 5.92. The van der Waals surface area contributed by atoms with Crippen LogP contribution in [-0.4, -0.2) is 18.5 Å². The van der Waals surface area contributed by atoms with Gasteiger partial charge in [-0.15, -0.1) is 0 Å². The van der Waals surface area contributed by atoms with Crippen molar-refractivity contribution in [2.24, 2.45) is 5.92 Å². The van der Waals surface area contributed by atoms with Gasteiger partial charge in [0.15, 0.2) is 0 Å². The standard InChI is InChI=1S/C26H34O4/c1-4-6-7-8-9-10-21-11-13-23(14-12-21)26(28)30-24-17-15-22(16-18-24)25(27)29-19-20(3)5-2/h11-18,20H,4-10,19H2,1-3H3. The number of hydrogen-bond acceptors (Lipinski definition) is 4. The molecule has 0 aromatic heterocycles. The Morgan fingerprint density at radius 1 is 0.800 bits per heavy atom. The van der Waals surface area contributed by atoms with E-state index in [1.165, 1.54) is 37.7 Å². The van der Waals surface area contributed by atoms with Gasteiger partial charge < -0.3 is 9.47 Å². The summed E-state index contributed by atoms with van der Waals surface area (Å²) >= 11 is 0. The monoisotopic (exact) mass is 410 g/mol. The third-order valence-corrected chi connectivity index (χ3v) is 5.26. The molecule has 162 valence electrons. The Hall–Kier alpha value is -2.62. The topological polar surface area (TPSA) is 52.6 Å². The Balaban J connectivity index is 1.83. The van der Waals surface area contributed by atoms with Crippen molar-refractivity contribution in [3.05, 3.63) is 65.2 Å². The van der Waals surface area contributed by atoms with E-state index >= 15 is 0 Å². The summed E-state index contributed by atoms with van der Waals surface area (Å²) in [6.07, 6.45) is 8.26. The molecular formula is C26H34O4. The van der Waals surface area contributed by atoms with Crippen molar-refractivity contribution in [2.45, 2.75) is 65.7 Å². The van der Waals surface area contributed by atoms with Gasteiger partial charge in [0.1, 0.15) is 5.75 Å². The number of ether oxygens (including phenoxy) is 2. The smallest absolute Gasteiger partial charge is 0.343 e. The lowest BCUT2D eigenvalue weighted by Crippen LogP contribution is -2.12. The first-order valence-electron chi connectivity index (χ1n) is 11.1. The van der Waals surface area contributed by atoms with Gasteiger partial charge in [0.25, 0.3) is 0 Å². The van der Waals surface area contributed by atoms with Gasteiger partial charge in [0.2, 0.25) is 0 Å². The van der Waals surface area contributed by atoms with E-state index in [2.05, 4.69) is 13.8 Å². The number of unbranched alkanes of at least 4 members (excludes halogenated alkanes) is 4. The minimum absolute atomic E-state index is 0.335. The lowest BCUT2D eigenvalue weighted by atomic mass is 10.0. The zero-order chi connectivity index (χ0) is 21.8. The van der Waals surface area contributed by atoms with Crippen LogP contribution in [0.4, 0.5) is 0 Å². The number of benzene rings is 2. The van der Waals surface area contributed by atoms with Gasteiger partial charge in [-0.05, 0) is 60.7 Å². The summed E-state index contributed by atoms with van der Waals surface area (Å²) < 4.78 is 10.7. The predicted molar refractivity (Wildman–Crippen MR) is 120 cm³/mol. The molecule has 2 rings (SSSR count). The molecule has 0 spiro atoms. The number of carbonyl (C=O) groups excluding carboxylic acids is 2. The minimum atomic E-state index is -0.406. The molecule has 30 heavy (non-hydrogen) atoms. The van der Waals surface area contributed by atoms with Crippen LogP contribution in [0.2, 0.25) is 0 Å². The van der Waals surface area contributed by atoms with E-state index < -0.39 is 5.97 Å². The van der Waals surface area contributed by atoms with Crippen LogP contribution in [0.1, 0.15) is 85.6 Å². The normalized spacial score (nSPS) is 11.7. The maximum atomic E-state index is 12.4. The van der Waals surface area contributed by atoms with E-state index in [4.69, 9.17) is 9.47 Å². The Morgan fingerprint density at radius 3 is 2.03 bits per heavy atom. The zero-order valence-electron chi connectivity index (χ0n) is 18.5. The molecule has 0 fully saturated rings. The van der Waals surface area contributed by atoms with E-state index in [0.29, 0.717) is 29.4 Å². The van der Waals surface area contributed by atoms with Crippen molar-refractivity contribution in [1.29, 1.82) is 0 Å². The maximum absolute atomic E-state index is 12.4. The number of hydrogen-bond donors (Lipinski definition) is 0. The third-order valence-electron chi connectivity index (χ3n) is 5.26. The van der Waals surface area contributed by atoms with Crippen molar-refractivity contribution in [2.75, 3.05) is 6.61 Å². The highest BCUT2D eigenvalue weighted by atomic mass is 16.5. The van der Waals surface area contributed by atoms with Crippen LogP contribution >= 0.6 is 0 Å². The first kappa shape index (κ1) is 23.7. The molecular weight excluding hydrogens is 376 g/mol. The zero-order valence-corrected chi connectivity index (χ0v) is 18.5. The summed E-state index contributed by atoms with van der Waals surface area (Å²) in [5.41, 5.74) is 2.20. The van der Waals surface area contributed by atoms with E-state index in [1.54, 1.807) is 24.3 Å². The summed E-state index contributed by atoms with van der Waals surface area (Å²) in [6, 6.07) is 14.1. The molecule has 0 heterocycles. The second kappa shape index (κ2) is 12.8. The molecule has 2 aromatic carbocycles. The Morgan fingerprint density at radius 2 is 1.40 bits per heavy atom. The molecule has 4 nitrogen and oxygen atoms in total. The van der Waals surface area contributed by atoms with Crippen molar-refractivity contribution in [1.82, 2.24) is 0 Å². The fourth-order valence-electron chi connectivity index (χ4n) is 2.98. The van der Waals surface area contributed by atoms with Crippen LogP contribution in [-0.2, 0) is 11.2 Å². The molecule has 0 saturated carbocycles. The molecule has 0 amide bonds. The largest absolute Gasteiger partial charge is 0.462 e. The van der Waals surface area contributed by atoms with Crippen LogP contribution < -0.4 is 4.74 Å². The fourth-order valence-corrected chi connectivity index (χ4v) is 2.98. The lowest BCUT2D eigenvalue weighted by Gasteiger charge is -2.10. The molecule has 0 saturated heterocycles. The van der Waals surface area contributed by atoms with Crippen molar-refractivity contribution >= 4 is 11.9 Å². The molecule has 4 heteroatoms. The highest BCUT2D eigenvalue weighted by Gasteiger charge is 2.12. The number of carbonyl (C=O) groups is 2. The van der Waals surface area contributed by atoms with Gasteiger partial charge in [0, 0.05) is 0 Å². The molecule has 1 atom stereocenters. The first-order valence-corrected chi connectivity index (χ1v) is 11.1. The minimum Gasteiger partial charge on any atom is -0.462 e. The number of aryl methyl sites for hydroxylation is 1. The molecule has 0 radical (unpaired) electrons. The Labute approximate surface area is 180 Å². The molecule has 0 aliphatic carbocycles. The Kier molecular flexibility index (Phi) is 10.1. The van der Waals surface area contributed by atoms with E-state index in [1.807, 2.05) is 31.2 Å². The van der Waals surface area contributed by atoms with Gasteiger partial charge in [-0.3, -0.25) is 0 Å². The summed E-state index contributed by atoms with van der Waals surface area (Å²) in [5.74, 6) is -0.0323. The molecule has 2 aromatic rings. The molecule has 0 aliphatic heterocycles. The fraction of sp³-hybridized carbons (Fsp3) is 0.462. The molecule has 1 unspecified atom stereocenters. The summed E-state index contributed by atoms with van der Waals surface area (Å²) in [5, 5.41) is 0. The van der Waals surface area contributed by atoms with E-state index in [0.717, 1.165) is 12.8 Å². The molecule has 0 aliphatic rings. The highest BCUT2D eigenvalue weighted by Crippen LogP contribution is 2.17. The van der Waals surface area contributed by atoms with E-state index in [9.17, 15) is 9.59 Å². The number of rotatable bonds is 12. The van der Waals surface area contributed by atoms with Crippen molar-refractivity contribution < 1.29 is 19.1 Å². The van der Waals surface area contributed by atoms with Gasteiger partial charge >= 0.3 is 11.9 Å². The van der Waals surface area contributed by atoms with Crippen LogP contribution in [0.5, 0.6) is 5.75 Å². The second-order valence-electron chi connectivity index (χ2n) is 7.89.